The number of thiophene rings is 1. The Labute approximate surface area is 128 Å². The SMILES string of the molecule is Nc1nccc(-c2cc(C(=O)O)c(-c3ccc(Cl)s3)[nH]2)n1. The molecule has 0 unspecified atom stereocenters. The van der Waals surface area contributed by atoms with Crippen LogP contribution in [-0.4, -0.2) is 26.0 Å². The summed E-state index contributed by atoms with van der Waals surface area (Å²) in [5, 5.41) is 9.34. The van der Waals surface area contributed by atoms with Gasteiger partial charge in [-0.15, -0.1) is 11.3 Å². The predicted octanol–water partition coefficient (Wildman–Crippen LogP) is 3.13. The number of halogens is 1. The number of aromatic amines is 1. The van der Waals surface area contributed by atoms with Gasteiger partial charge >= 0.3 is 5.97 Å². The van der Waals surface area contributed by atoms with Gasteiger partial charge in [0.15, 0.2) is 0 Å². The van der Waals surface area contributed by atoms with Crippen molar-refractivity contribution in [2.45, 2.75) is 0 Å². The highest BCUT2D eigenvalue weighted by Crippen LogP contribution is 2.34. The number of H-pyrrole nitrogens is 1. The normalized spacial score (nSPS) is 10.7. The summed E-state index contributed by atoms with van der Waals surface area (Å²) in [6.07, 6.45) is 1.51. The van der Waals surface area contributed by atoms with Crippen molar-refractivity contribution in [2.24, 2.45) is 0 Å². The van der Waals surface area contributed by atoms with Crippen LogP contribution in [0.2, 0.25) is 4.34 Å². The second-order valence-electron chi connectivity index (χ2n) is 4.18. The number of carbonyl (C=O) groups is 1. The van der Waals surface area contributed by atoms with Gasteiger partial charge in [0.1, 0.15) is 0 Å². The third kappa shape index (κ3) is 2.61. The van der Waals surface area contributed by atoms with Crippen molar-refractivity contribution in [1.29, 1.82) is 0 Å². The van der Waals surface area contributed by atoms with Crippen molar-refractivity contribution < 1.29 is 9.90 Å². The molecule has 0 aromatic carbocycles. The van der Waals surface area contributed by atoms with Gasteiger partial charge in [-0.25, -0.2) is 14.8 Å². The number of hydrogen-bond acceptors (Lipinski definition) is 5. The number of nitrogens with two attached hydrogens (primary N) is 1. The van der Waals surface area contributed by atoms with E-state index in [0.717, 1.165) is 4.88 Å². The first kappa shape index (κ1) is 13.6. The molecule has 3 rings (SSSR count). The van der Waals surface area contributed by atoms with E-state index >= 15 is 0 Å². The Hall–Kier alpha value is -2.38. The van der Waals surface area contributed by atoms with Gasteiger partial charge in [0.05, 0.1) is 31.9 Å². The van der Waals surface area contributed by atoms with Crippen LogP contribution in [0.1, 0.15) is 10.4 Å². The number of nitrogen functional groups attached to an aromatic ring is 1. The third-order valence-electron chi connectivity index (χ3n) is 2.82. The van der Waals surface area contributed by atoms with Crippen LogP contribution in [0.3, 0.4) is 0 Å². The Bertz CT molecular complexity index is 827. The molecule has 106 valence electrons. The first-order valence-corrected chi connectivity index (χ1v) is 7.05. The van der Waals surface area contributed by atoms with Gasteiger partial charge in [0.2, 0.25) is 5.95 Å². The quantitative estimate of drug-likeness (QED) is 0.687. The summed E-state index contributed by atoms with van der Waals surface area (Å²) in [5.74, 6) is -0.904. The highest BCUT2D eigenvalue weighted by molar-refractivity contribution is 7.19. The lowest BCUT2D eigenvalue weighted by Crippen LogP contribution is -1.95. The average molecular weight is 321 g/mol. The molecule has 3 aromatic heterocycles. The topological polar surface area (TPSA) is 105 Å². The Balaban J connectivity index is 2.15. The van der Waals surface area contributed by atoms with Gasteiger partial charge in [-0.2, -0.15) is 0 Å². The summed E-state index contributed by atoms with van der Waals surface area (Å²) < 4.78 is 0.587. The number of aromatic carboxylic acids is 1. The van der Waals surface area contributed by atoms with Crippen LogP contribution in [0.5, 0.6) is 0 Å². The van der Waals surface area contributed by atoms with E-state index in [1.54, 1.807) is 18.2 Å². The molecule has 0 saturated carbocycles. The second kappa shape index (κ2) is 5.19. The van der Waals surface area contributed by atoms with E-state index in [0.29, 0.717) is 21.4 Å². The minimum absolute atomic E-state index is 0.125. The summed E-state index contributed by atoms with van der Waals surface area (Å²) in [7, 11) is 0. The molecule has 0 aliphatic rings. The van der Waals surface area contributed by atoms with E-state index in [1.165, 1.54) is 23.6 Å². The lowest BCUT2D eigenvalue weighted by molar-refractivity contribution is 0.0698. The highest BCUT2D eigenvalue weighted by atomic mass is 35.5. The predicted molar refractivity (Wildman–Crippen MR) is 81.5 cm³/mol. The smallest absolute Gasteiger partial charge is 0.337 e. The number of anilines is 1. The highest BCUT2D eigenvalue weighted by Gasteiger charge is 2.18. The molecule has 8 heteroatoms. The monoisotopic (exact) mass is 320 g/mol. The number of hydrogen-bond donors (Lipinski definition) is 3. The molecular formula is C13H9ClN4O2S. The van der Waals surface area contributed by atoms with E-state index in [1.807, 2.05) is 0 Å². The lowest BCUT2D eigenvalue weighted by atomic mass is 10.2. The minimum Gasteiger partial charge on any atom is -0.478 e. The Morgan fingerprint density at radius 1 is 1.38 bits per heavy atom. The van der Waals surface area contributed by atoms with Crippen molar-refractivity contribution in [2.75, 3.05) is 5.73 Å². The standard InChI is InChI=1S/C13H9ClN4O2S/c14-10-2-1-9(21-10)11-6(12(19)20)5-8(17-11)7-3-4-16-13(15)18-7/h1-5,17H,(H,19,20)(H2,15,16,18). The summed E-state index contributed by atoms with van der Waals surface area (Å²) in [6, 6.07) is 6.66. The van der Waals surface area contributed by atoms with Gasteiger partial charge in [0, 0.05) is 6.20 Å². The zero-order valence-electron chi connectivity index (χ0n) is 10.5. The van der Waals surface area contributed by atoms with Gasteiger partial charge in [-0.3, -0.25) is 0 Å². The van der Waals surface area contributed by atoms with Crippen LogP contribution < -0.4 is 5.73 Å². The summed E-state index contributed by atoms with van der Waals surface area (Å²) >= 11 is 7.20. The first-order valence-electron chi connectivity index (χ1n) is 5.85. The van der Waals surface area contributed by atoms with Crippen LogP contribution in [0, 0.1) is 0 Å². The molecule has 0 bridgehead atoms. The minimum atomic E-state index is -1.03. The number of carboxylic acid groups (broad SMARTS) is 1. The Morgan fingerprint density at radius 2 is 2.19 bits per heavy atom. The fraction of sp³-hybridized carbons (Fsp3) is 0. The Kier molecular flexibility index (Phi) is 3.36. The maximum atomic E-state index is 11.4. The molecule has 0 aliphatic carbocycles. The molecule has 21 heavy (non-hydrogen) atoms. The van der Waals surface area contributed by atoms with Crippen molar-refractivity contribution in [3.63, 3.8) is 0 Å². The molecule has 0 aliphatic heterocycles. The van der Waals surface area contributed by atoms with Crippen molar-refractivity contribution in [1.82, 2.24) is 15.0 Å². The van der Waals surface area contributed by atoms with E-state index in [-0.39, 0.29) is 11.5 Å². The lowest BCUT2D eigenvalue weighted by Gasteiger charge is -1.98. The average Bonchev–Trinajstić information content (AvgIpc) is 3.04. The maximum Gasteiger partial charge on any atom is 0.337 e. The molecule has 3 aromatic rings. The summed E-state index contributed by atoms with van der Waals surface area (Å²) in [6.45, 7) is 0. The van der Waals surface area contributed by atoms with Crippen LogP contribution >= 0.6 is 22.9 Å². The number of carboxylic acids is 1. The molecule has 0 fully saturated rings. The molecule has 3 heterocycles. The molecule has 0 amide bonds. The number of aromatic nitrogens is 3. The van der Waals surface area contributed by atoms with E-state index in [2.05, 4.69) is 15.0 Å². The van der Waals surface area contributed by atoms with Crippen LogP contribution in [0.4, 0.5) is 5.95 Å². The second-order valence-corrected chi connectivity index (χ2v) is 5.90. The summed E-state index contributed by atoms with van der Waals surface area (Å²) in [4.78, 5) is 23.1. The van der Waals surface area contributed by atoms with E-state index in [9.17, 15) is 9.90 Å². The molecule has 0 spiro atoms. The van der Waals surface area contributed by atoms with Crippen molar-refractivity contribution in [3.05, 3.63) is 40.4 Å². The fourth-order valence-corrected chi connectivity index (χ4v) is 2.99. The van der Waals surface area contributed by atoms with Gasteiger partial charge in [-0.05, 0) is 24.3 Å². The zero-order valence-corrected chi connectivity index (χ0v) is 12.1. The first-order chi connectivity index (χ1) is 10.0. The number of rotatable bonds is 3. The van der Waals surface area contributed by atoms with E-state index < -0.39 is 5.97 Å². The van der Waals surface area contributed by atoms with Gasteiger partial charge < -0.3 is 15.8 Å². The van der Waals surface area contributed by atoms with Crippen molar-refractivity contribution in [3.8, 4) is 22.0 Å². The maximum absolute atomic E-state index is 11.4. The van der Waals surface area contributed by atoms with Gasteiger partial charge in [0.25, 0.3) is 0 Å². The molecular weight excluding hydrogens is 312 g/mol. The Morgan fingerprint density at radius 3 is 2.81 bits per heavy atom. The molecule has 0 radical (unpaired) electrons. The van der Waals surface area contributed by atoms with Crippen LogP contribution in [0.25, 0.3) is 22.0 Å². The van der Waals surface area contributed by atoms with Gasteiger partial charge in [-0.1, -0.05) is 11.6 Å². The molecule has 0 saturated heterocycles. The third-order valence-corrected chi connectivity index (χ3v) is 4.07. The zero-order chi connectivity index (χ0) is 15.0. The molecule has 6 nitrogen and oxygen atoms in total. The largest absolute Gasteiger partial charge is 0.478 e. The number of nitrogens with zero attached hydrogens (tertiary/aromatic N) is 2. The number of nitrogens with one attached hydrogen (secondary N) is 1. The van der Waals surface area contributed by atoms with Crippen LogP contribution in [-0.2, 0) is 0 Å². The molecule has 4 N–H and O–H groups in total. The van der Waals surface area contributed by atoms with Crippen molar-refractivity contribution >= 4 is 34.9 Å². The molecule has 0 atom stereocenters. The fourth-order valence-electron chi connectivity index (χ4n) is 1.93. The summed E-state index contributed by atoms with van der Waals surface area (Å²) in [5.41, 5.74) is 7.28. The van der Waals surface area contributed by atoms with Crippen LogP contribution in [0.15, 0.2) is 30.5 Å². The van der Waals surface area contributed by atoms with E-state index in [4.69, 9.17) is 17.3 Å².